The third-order valence-electron chi connectivity index (χ3n) is 5.46. The SMILES string of the molecule is O=C1OCc2cc(Br)ccc2N1C1CCN(S(=O)(=O)C2=CC(Cl)C(O)C(Cl)=C2)CC1. The molecule has 0 aromatic heterocycles. The summed E-state index contributed by atoms with van der Waals surface area (Å²) >= 11 is 15.4. The number of anilines is 1. The fourth-order valence-corrected chi connectivity index (χ4v) is 6.60. The highest BCUT2D eigenvalue weighted by molar-refractivity contribution is 9.10. The normalized spacial score (nSPS) is 26.0. The number of carbonyl (C=O) groups excluding carboxylic acids is 1. The first-order valence-electron chi connectivity index (χ1n) is 9.34. The van der Waals surface area contributed by atoms with Crippen molar-refractivity contribution < 1.29 is 23.1 Å². The lowest BCUT2D eigenvalue weighted by molar-refractivity contribution is 0.136. The summed E-state index contributed by atoms with van der Waals surface area (Å²) in [6.45, 7) is 0.686. The Balaban J connectivity index is 1.51. The van der Waals surface area contributed by atoms with Crippen molar-refractivity contribution in [3.05, 3.63) is 50.3 Å². The molecule has 30 heavy (non-hydrogen) atoms. The molecule has 0 spiro atoms. The Bertz CT molecular complexity index is 1040. The van der Waals surface area contributed by atoms with Crippen molar-refractivity contribution in [3.63, 3.8) is 0 Å². The van der Waals surface area contributed by atoms with Gasteiger partial charge in [0.15, 0.2) is 0 Å². The maximum absolute atomic E-state index is 13.0. The molecule has 1 saturated heterocycles. The highest BCUT2D eigenvalue weighted by Crippen LogP contribution is 2.35. The van der Waals surface area contributed by atoms with Crippen molar-refractivity contribution >= 4 is 60.9 Å². The molecule has 0 saturated carbocycles. The van der Waals surface area contributed by atoms with Gasteiger partial charge >= 0.3 is 6.09 Å². The van der Waals surface area contributed by atoms with E-state index in [1.165, 1.54) is 16.5 Å². The fraction of sp³-hybridized carbons (Fsp3) is 0.421. The molecule has 1 aromatic rings. The predicted molar refractivity (Wildman–Crippen MR) is 118 cm³/mol. The Morgan fingerprint density at radius 2 is 1.93 bits per heavy atom. The second-order valence-corrected chi connectivity index (χ2v) is 11.1. The first-order valence-corrected chi connectivity index (χ1v) is 12.4. The molecule has 1 fully saturated rings. The average Bonchev–Trinajstić information content (AvgIpc) is 2.72. The van der Waals surface area contributed by atoms with E-state index in [2.05, 4.69) is 15.9 Å². The monoisotopic (exact) mass is 536 g/mol. The second-order valence-electron chi connectivity index (χ2n) is 7.32. The maximum atomic E-state index is 13.0. The number of carbonyl (C=O) groups is 1. The Labute approximate surface area is 193 Å². The van der Waals surface area contributed by atoms with Gasteiger partial charge in [0.05, 0.1) is 16.0 Å². The second kappa shape index (κ2) is 8.44. The number of aliphatic hydroxyl groups excluding tert-OH is 1. The van der Waals surface area contributed by atoms with Crippen molar-refractivity contribution in [2.24, 2.45) is 0 Å². The fourth-order valence-electron chi connectivity index (χ4n) is 3.88. The first-order chi connectivity index (χ1) is 14.2. The molecule has 2 heterocycles. The number of aliphatic hydroxyl groups is 1. The molecule has 0 radical (unpaired) electrons. The van der Waals surface area contributed by atoms with Gasteiger partial charge in [0.2, 0.25) is 10.0 Å². The zero-order valence-electron chi connectivity index (χ0n) is 15.7. The van der Waals surface area contributed by atoms with Crippen LogP contribution in [0.15, 0.2) is 44.8 Å². The van der Waals surface area contributed by atoms with E-state index in [0.29, 0.717) is 12.8 Å². The van der Waals surface area contributed by atoms with Crippen LogP contribution in [0.2, 0.25) is 0 Å². The molecule has 11 heteroatoms. The Morgan fingerprint density at radius 3 is 2.60 bits per heavy atom. The predicted octanol–water partition coefficient (Wildman–Crippen LogP) is 3.69. The molecule has 1 N–H and O–H groups in total. The minimum Gasteiger partial charge on any atom is -0.444 e. The van der Waals surface area contributed by atoms with Crippen LogP contribution < -0.4 is 4.90 Å². The summed E-state index contributed by atoms with van der Waals surface area (Å²) in [6.07, 6.45) is 1.92. The van der Waals surface area contributed by atoms with E-state index in [1.807, 2.05) is 18.2 Å². The molecular formula is C19H19BrCl2N2O5S. The molecule has 1 aliphatic carbocycles. The number of cyclic esters (lactones) is 1. The first kappa shape index (κ1) is 22.1. The van der Waals surface area contributed by atoms with E-state index in [9.17, 15) is 18.3 Å². The molecule has 1 aromatic carbocycles. The number of ether oxygens (including phenoxy) is 1. The van der Waals surface area contributed by atoms with Crippen molar-refractivity contribution in [3.8, 4) is 0 Å². The number of halogens is 3. The van der Waals surface area contributed by atoms with Gasteiger partial charge in [0.1, 0.15) is 12.7 Å². The highest BCUT2D eigenvalue weighted by Gasteiger charge is 2.38. The Kier molecular flexibility index (Phi) is 6.22. The van der Waals surface area contributed by atoms with Gasteiger partial charge in [-0.2, -0.15) is 4.31 Å². The average molecular weight is 538 g/mol. The van der Waals surface area contributed by atoms with Crippen LogP contribution in [0.25, 0.3) is 0 Å². The third kappa shape index (κ3) is 4.03. The molecule has 2 atom stereocenters. The molecule has 2 aliphatic heterocycles. The van der Waals surface area contributed by atoms with Crippen LogP contribution in [-0.4, -0.2) is 54.5 Å². The van der Waals surface area contributed by atoms with E-state index in [4.69, 9.17) is 27.9 Å². The van der Waals surface area contributed by atoms with E-state index in [0.717, 1.165) is 15.7 Å². The zero-order valence-corrected chi connectivity index (χ0v) is 19.6. The van der Waals surface area contributed by atoms with Crippen LogP contribution in [0.5, 0.6) is 0 Å². The van der Waals surface area contributed by atoms with Crippen LogP contribution in [0.4, 0.5) is 10.5 Å². The minimum atomic E-state index is -3.81. The van der Waals surface area contributed by atoms with E-state index >= 15 is 0 Å². The standard InChI is InChI=1S/C19H19BrCl2N2O5S/c20-12-1-2-17-11(7-12)10-29-19(26)24(17)13-3-5-23(6-4-13)30(27,28)14-8-15(21)18(25)16(22)9-14/h1-2,7-9,13,15,18,25H,3-6,10H2. The molecule has 7 nitrogen and oxygen atoms in total. The molecule has 3 aliphatic rings. The number of piperidine rings is 1. The number of rotatable bonds is 3. The van der Waals surface area contributed by atoms with Crippen molar-refractivity contribution in [2.45, 2.75) is 37.0 Å². The van der Waals surface area contributed by atoms with E-state index in [1.54, 1.807) is 4.90 Å². The van der Waals surface area contributed by atoms with E-state index in [-0.39, 0.29) is 35.7 Å². The van der Waals surface area contributed by atoms with Gasteiger partial charge in [-0.05, 0) is 43.2 Å². The van der Waals surface area contributed by atoms with Gasteiger partial charge in [0.25, 0.3) is 0 Å². The van der Waals surface area contributed by atoms with Crippen molar-refractivity contribution in [1.82, 2.24) is 4.31 Å². The number of benzene rings is 1. The van der Waals surface area contributed by atoms with Crippen LogP contribution in [0.3, 0.4) is 0 Å². The summed E-state index contributed by atoms with van der Waals surface area (Å²) < 4.78 is 33.6. The lowest BCUT2D eigenvalue weighted by Gasteiger charge is -2.40. The minimum absolute atomic E-state index is 0.00945. The molecule has 0 bridgehead atoms. The molecule has 4 rings (SSSR count). The molecular weight excluding hydrogens is 519 g/mol. The molecule has 2 unspecified atom stereocenters. The maximum Gasteiger partial charge on any atom is 0.414 e. The summed E-state index contributed by atoms with van der Waals surface area (Å²) in [5.41, 5.74) is 1.69. The number of fused-ring (bicyclic) bond motifs is 1. The van der Waals surface area contributed by atoms with Gasteiger partial charge in [-0.3, -0.25) is 4.90 Å². The van der Waals surface area contributed by atoms with Gasteiger partial charge in [-0.25, -0.2) is 13.2 Å². The molecule has 1 amide bonds. The van der Waals surface area contributed by atoms with Gasteiger partial charge in [0, 0.05) is 34.2 Å². The van der Waals surface area contributed by atoms with Crippen LogP contribution in [-0.2, 0) is 21.4 Å². The van der Waals surface area contributed by atoms with Gasteiger partial charge in [-0.15, -0.1) is 11.6 Å². The number of allylic oxidation sites excluding steroid dienone is 1. The summed E-state index contributed by atoms with van der Waals surface area (Å²) in [5.74, 6) is 0. The number of sulfonamides is 1. The smallest absolute Gasteiger partial charge is 0.414 e. The number of hydrogen-bond donors (Lipinski definition) is 1. The Morgan fingerprint density at radius 1 is 1.23 bits per heavy atom. The van der Waals surface area contributed by atoms with Crippen LogP contribution >= 0.6 is 39.1 Å². The van der Waals surface area contributed by atoms with Crippen LogP contribution in [0.1, 0.15) is 18.4 Å². The highest BCUT2D eigenvalue weighted by atomic mass is 79.9. The van der Waals surface area contributed by atoms with Gasteiger partial charge in [-0.1, -0.05) is 27.5 Å². The summed E-state index contributed by atoms with van der Waals surface area (Å²) in [4.78, 5) is 14.1. The number of amides is 1. The van der Waals surface area contributed by atoms with Crippen molar-refractivity contribution in [1.29, 1.82) is 0 Å². The van der Waals surface area contributed by atoms with Crippen LogP contribution in [0, 0.1) is 0 Å². The molecule has 162 valence electrons. The number of nitrogens with zero attached hydrogens (tertiary/aromatic N) is 2. The van der Waals surface area contributed by atoms with E-state index < -0.39 is 27.6 Å². The topological polar surface area (TPSA) is 87.2 Å². The van der Waals surface area contributed by atoms with Crippen molar-refractivity contribution in [2.75, 3.05) is 18.0 Å². The number of alkyl halides is 1. The van der Waals surface area contributed by atoms with Gasteiger partial charge < -0.3 is 9.84 Å². The zero-order chi connectivity index (χ0) is 21.6. The lowest BCUT2D eigenvalue weighted by atomic mass is 10.0. The number of hydrogen-bond acceptors (Lipinski definition) is 5. The summed E-state index contributed by atoms with van der Waals surface area (Å²) in [6, 6.07) is 5.48. The third-order valence-corrected chi connectivity index (χ3v) is 8.55. The quantitative estimate of drug-likeness (QED) is 0.594. The lowest BCUT2D eigenvalue weighted by Crippen LogP contribution is -2.50. The Hall–Kier alpha value is -1.10. The summed E-state index contributed by atoms with van der Waals surface area (Å²) in [7, 11) is -3.81. The largest absolute Gasteiger partial charge is 0.444 e. The summed E-state index contributed by atoms with van der Waals surface area (Å²) in [5, 5.41) is 8.88.